The molecule has 0 aliphatic rings. The number of aryl methyl sites for hydroxylation is 1. The molecule has 1 heterocycles. The van der Waals surface area contributed by atoms with Crippen molar-refractivity contribution in [2.24, 2.45) is 5.41 Å². The predicted octanol–water partition coefficient (Wildman–Crippen LogP) is 1.77. The zero-order valence-electron chi connectivity index (χ0n) is 12.2. The molecule has 0 saturated carbocycles. The summed E-state index contributed by atoms with van der Waals surface area (Å²) in [7, 11) is 1.93. The molecule has 1 amide bonds. The summed E-state index contributed by atoms with van der Waals surface area (Å²) in [5.74, 6) is 0.132. The number of hydrogen-bond donors (Lipinski definition) is 2. The zero-order chi connectivity index (χ0) is 14.1. The summed E-state index contributed by atoms with van der Waals surface area (Å²) in [6.07, 6.45) is 5.96. The van der Waals surface area contributed by atoms with Crippen molar-refractivity contribution < 1.29 is 4.79 Å². The number of carbonyl (C=O) groups excluding carboxylic acids is 1. The van der Waals surface area contributed by atoms with Crippen molar-refractivity contribution >= 4 is 5.91 Å². The Morgan fingerprint density at radius 3 is 2.79 bits per heavy atom. The van der Waals surface area contributed by atoms with Gasteiger partial charge in [0.05, 0.1) is 0 Å². The van der Waals surface area contributed by atoms with E-state index in [1.165, 1.54) is 5.56 Å². The van der Waals surface area contributed by atoms with E-state index in [0.717, 1.165) is 19.4 Å². The number of rotatable bonds is 8. The molecule has 0 saturated heterocycles. The van der Waals surface area contributed by atoms with Crippen molar-refractivity contribution in [3.63, 3.8) is 0 Å². The van der Waals surface area contributed by atoms with Crippen LogP contribution in [-0.4, -0.2) is 31.0 Å². The maximum Gasteiger partial charge on any atom is 0.220 e. The third kappa shape index (κ3) is 6.91. The summed E-state index contributed by atoms with van der Waals surface area (Å²) in [6.45, 7) is 5.88. The van der Waals surface area contributed by atoms with E-state index in [1.54, 1.807) is 6.20 Å². The van der Waals surface area contributed by atoms with Crippen molar-refractivity contribution in [3.05, 3.63) is 30.1 Å². The third-order valence-corrected chi connectivity index (χ3v) is 3.01. The number of nitrogens with zero attached hydrogens (tertiary/aromatic N) is 1. The number of hydrogen-bond acceptors (Lipinski definition) is 3. The lowest BCUT2D eigenvalue weighted by atomic mass is 9.93. The molecule has 0 aliphatic carbocycles. The Morgan fingerprint density at radius 1 is 1.37 bits per heavy atom. The average molecular weight is 263 g/mol. The van der Waals surface area contributed by atoms with Crippen LogP contribution in [0, 0.1) is 5.41 Å². The molecule has 1 rings (SSSR count). The van der Waals surface area contributed by atoms with Crippen LogP contribution < -0.4 is 10.6 Å². The first kappa shape index (κ1) is 15.6. The molecular weight excluding hydrogens is 238 g/mol. The Labute approximate surface area is 116 Å². The van der Waals surface area contributed by atoms with Crippen LogP contribution >= 0.6 is 0 Å². The van der Waals surface area contributed by atoms with Gasteiger partial charge in [0.1, 0.15) is 0 Å². The first-order valence-corrected chi connectivity index (χ1v) is 6.84. The maximum atomic E-state index is 11.7. The first-order chi connectivity index (χ1) is 9.03. The fourth-order valence-electron chi connectivity index (χ4n) is 1.97. The lowest BCUT2D eigenvalue weighted by Gasteiger charge is -2.24. The summed E-state index contributed by atoms with van der Waals surface area (Å²) < 4.78 is 0. The van der Waals surface area contributed by atoms with Crippen molar-refractivity contribution in [2.75, 3.05) is 20.1 Å². The van der Waals surface area contributed by atoms with Gasteiger partial charge < -0.3 is 10.6 Å². The van der Waals surface area contributed by atoms with E-state index in [2.05, 4.69) is 29.5 Å². The van der Waals surface area contributed by atoms with Crippen molar-refractivity contribution in [2.45, 2.75) is 33.1 Å². The van der Waals surface area contributed by atoms with E-state index in [4.69, 9.17) is 0 Å². The number of aromatic nitrogens is 1. The van der Waals surface area contributed by atoms with Gasteiger partial charge in [0.25, 0.3) is 0 Å². The van der Waals surface area contributed by atoms with Crippen LogP contribution in [0.25, 0.3) is 0 Å². The average Bonchev–Trinajstić information content (AvgIpc) is 2.38. The molecule has 4 heteroatoms. The minimum absolute atomic E-state index is 0.0910. The Bertz CT molecular complexity index is 376. The summed E-state index contributed by atoms with van der Waals surface area (Å²) >= 11 is 0. The van der Waals surface area contributed by atoms with Crippen molar-refractivity contribution in [3.8, 4) is 0 Å². The monoisotopic (exact) mass is 263 g/mol. The van der Waals surface area contributed by atoms with Gasteiger partial charge in [-0.15, -0.1) is 0 Å². The first-order valence-electron chi connectivity index (χ1n) is 6.84. The molecular formula is C15H25N3O. The zero-order valence-corrected chi connectivity index (χ0v) is 12.2. The Kier molecular flexibility index (Phi) is 6.50. The van der Waals surface area contributed by atoms with Crippen LogP contribution in [0.2, 0.25) is 0 Å². The lowest BCUT2D eigenvalue weighted by molar-refractivity contribution is -0.121. The van der Waals surface area contributed by atoms with E-state index in [1.807, 2.05) is 25.4 Å². The van der Waals surface area contributed by atoms with E-state index in [0.29, 0.717) is 13.0 Å². The van der Waals surface area contributed by atoms with Gasteiger partial charge in [0, 0.05) is 31.9 Å². The molecule has 19 heavy (non-hydrogen) atoms. The number of carbonyl (C=O) groups is 1. The fraction of sp³-hybridized carbons (Fsp3) is 0.600. The molecule has 0 aliphatic heterocycles. The molecule has 0 radical (unpaired) electrons. The Morgan fingerprint density at radius 2 is 2.16 bits per heavy atom. The van der Waals surface area contributed by atoms with E-state index in [9.17, 15) is 4.79 Å². The van der Waals surface area contributed by atoms with Gasteiger partial charge in [-0.2, -0.15) is 0 Å². The van der Waals surface area contributed by atoms with Crippen LogP contribution in [-0.2, 0) is 11.2 Å². The van der Waals surface area contributed by atoms with Gasteiger partial charge in [-0.25, -0.2) is 0 Å². The fourth-order valence-corrected chi connectivity index (χ4v) is 1.97. The molecule has 1 aromatic heterocycles. The normalized spacial score (nSPS) is 11.3. The summed E-state index contributed by atoms with van der Waals surface area (Å²) in [6, 6.07) is 3.97. The van der Waals surface area contributed by atoms with Gasteiger partial charge in [-0.3, -0.25) is 9.78 Å². The number of amides is 1. The van der Waals surface area contributed by atoms with Gasteiger partial charge >= 0.3 is 0 Å². The molecule has 0 bridgehead atoms. The van der Waals surface area contributed by atoms with Crippen LogP contribution in [0.4, 0.5) is 0 Å². The van der Waals surface area contributed by atoms with Crippen LogP contribution in [0.15, 0.2) is 24.5 Å². The smallest absolute Gasteiger partial charge is 0.220 e. The summed E-state index contributed by atoms with van der Waals surface area (Å²) in [5.41, 5.74) is 1.28. The Hall–Kier alpha value is -1.42. The van der Waals surface area contributed by atoms with Gasteiger partial charge in [-0.05, 0) is 36.9 Å². The second-order valence-electron chi connectivity index (χ2n) is 5.69. The van der Waals surface area contributed by atoms with E-state index >= 15 is 0 Å². The molecule has 0 atom stereocenters. The second kappa shape index (κ2) is 7.89. The van der Waals surface area contributed by atoms with Crippen LogP contribution in [0.3, 0.4) is 0 Å². The maximum absolute atomic E-state index is 11.7. The number of pyridine rings is 1. The summed E-state index contributed by atoms with van der Waals surface area (Å²) in [5, 5.41) is 6.14. The molecule has 106 valence electrons. The van der Waals surface area contributed by atoms with Crippen LogP contribution in [0.1, 0.15) is 32.3 Å². The number of nitrogens with one attached hydrogen (secondary N) is 2. The van der Waals surface area contributed by atoms with Crippen molar-refractivity contribution in [1.82, 2.24) is 15.6 Å². The topological polar surface area (TPSA) is 54.0 Å². The van der Waals surface area contributed by atoms with Crippen molar-refractivity contribution in [1.29, 1.82) is 0 Å². The highest BCUT2D eigenvalue weighted by Crippen LogP contribution is 2.11. The highest BCUT2D eigenvalue weighted by Gasteiger charge is 2.17. The highest BCUT2D eigenvalue weighted by atomic mass is 16.1. The third-order valence-electron chi connectivity index (χ3n) is 3.01. The Balaban J connectivity index is 2.18. The second-order valence-corrected chi connectivity index (χ2v) is 5.69. The molecule has 1 aromatic rings. The molecule has 0 unspecified atom stereocenters. The van der Waals surface area contributed by atoms with Gasteiger partial charge in [0.2, 0.25) is 5.91 Å². The SMILES string of the molecule is CNCC(C)(C)CNC(=O)CCCc1cccnc1. The predicted molar refractivity (Wildman–Crippen MR) is 77.9 cm³/mol. The van der Waals surface area contributed by atoms with E-state index in [-0.39, 0.29) is 11.3 Å². The molecule has 0 aromatic carbocycles. The standard InChI is InChI=1S/C15H25N3O/c1-15(2,11-16-3)12-18-14(19)8-4-6-13-7-5-9-17-10-13/h5,7,9-10,16H,4,6,8,11-12H2,1-3H3,(H,18,19). The van der Waals surface area contributed by atoms with Gasteiger partial charge in [-0.1, -0.05) is 19.9 Å². The quantitative estimate of drug-likeness (QED) is 0.751. The summed E-state index contributed by atoms with van der Waals surface area (Å²) in [4.78, 5) is 15.8. The minimum atomic E-state index is 0.0910. The van der Waals surface area contributed by atoms with E-state index < -0.39 is 0 Å². The minimum Gasteiger partial charge on any atom is -0.356 e. The van der Waals surface area contributed by atoms with Crippen LogP contribution in [0.5, 0.6) is 0 Å². The van der Waals surface area contributed by atoms with Gasteiger partial charge in [0.15, 0.2) is 0 Å². The largest absolute Gasteiger partial charge is 0.356 e. The molecule has 0 spiro atoms. The highest BCUT2D eigenvalue weighted by molar-refractivity contribution is 5.75. The lowest BCUT2D eigenvalue weighted by Crippen LogP contribution is -2.39. The molecule has 4 nitrogen and oxygen atoms in total. The molecule has 2 N–H and O–H groups in total. The molecule has 0 fully saturated rings.